The van der Waals surface area contributed by atoms with Crippen LogP contribution in [0, 0.1) is 0 Å². The second-order valence-corrected chi connectivity index (χ2v) is 6.19. The molecule has 3 nitrogen and oxygen atoms in total. The molecule has 0 heterocycles. The maximum absolute atomic E-state index is 6.16. The molecule has 19 heavy (non-hydrogen) atoms. The van der Waals surface area contributed by atoms with Crippen molar-refractivity contribution in [3.05, 3.63) is 29.3 Å². The smallest absolute Gasteiger partial charge is 0.123 e. The van der Waals surface area contributed by atoms with Crippen molar-refractivity contribution < 1.29 is 4.74 Å². The molecule has 0 saturated carbocycles. The van der Waals surface area contributed by atoms with Gasteiger partial charge in [0, 0.05) is 17.1 Å². The second kappa shape index (κ2) is 6.40. The van der Waals surface area contributed by atoms with Crippen molar-refractivity contribution in [1.29, 1.82) is 0 Å². The molecule has 108 valence electrons. The molecule has 3 N–H and O–H groups in total. The fourth-order valence-electron chi connectivity index (χ4n) is 2.28. The van der Waals surface area contributed by atoms with Gasteiger partial charge in [-0.2, -0.15) is 0 Å². The maximum Gasteiger partial charge on any atom is 0.123 e. The van der Waals surface area contributed by atoms with Crippen molar-refractivity contribution in [1.82, 2.24) is 5.32 Å². The molecule has 1 rings (SSSR count). The number of hydrogen-bond acceptors (Lipinski definition) is 3. The van der Waals surface area contributed by atoms with Gasteiger partial charge >= 0.3 is 0 Å². The van der Waals surface area contributed by atoms with Crippen LogP contribution in [-0.4, -0.2) is 19.7 Å². The predicted molar refractivity (Wildman–Crippen MR) is 81.8 cm³/mol. The molecule has 0 amide bonds. The summed E-state index contributed by atoms with van der Waals surface area (Å²) in [5.41, 5.74) is 8.46. The summed E-state index contributed by atoms with van der Waals surface area (Å²) in [4.78, 5) is 0. The molecule has 0 fully saturated rings. The number of hydrogen-bond donors (Lipinski definition) is 2. The van der Waals surface area contributed by atoms with Gasteiger partial charge in [0.05, 0.1) is 7.11 Å². The van der Waals surface area contributed by atoms with Crippen LogP contribution in [0.5, 0.6) is 5.75 Å². The lowest BCUT2D eigenvalue weighted by Crippen LogP contribution is -2.37. The van der Waals surface area contributed by atoms with E-state index < -0.39 is 0 Å². The first-order valence-electron chi connectivity index (χ1n) is 6.92. The van der Waals surface area contributed by atoms with Crippen LogP contribution in [0.4, 0.5) is 0 Å². The lowest BCUT2D eigenvalue weighted by Gasteiger charge is -2.27. The molecule has 0 spiro atoms. The van der Waals surface area contributed by atoms with E-state index in [1.54, 1.807) is 7.11 Å². The normalized spacial score (nSPS) is 13.7. The lowest BCUT2D eigenvalue weighted by atomic mass is 9.89. The zero-order valence-corrected chi connectivity index (χ0v) is 13.1. The number of nitrogens with two attached hydrogens (primary N) is 1. The molecule has 0 bridgehead atoms. The Bertz CT molecular complexity index is 408. The average Bonchev–Trinajstić information content (AvgIpc) is 2.34. The van der Waals surface area contributed by atoms with Crippen molar-refractivity contribution >= 4 is 0 Å². The minimum absolute atomic E-state index is 0.202. The van der Waals surface area contributed by atoms with Crippen LogP contribution in [-0.2, 0) is 0 Å². The van der Waals surface area contributed by atoms with Gasteiger partial charge in [-0.25, -0.2) is 0 Å². The van der Waals surface area contributed by atoms with Gasteiger partial charge < -0.3 is 15.8 Å². The van der Waals surface area contributed by atoms with Gasteiger partial charge in [-0.05, 0) is 44.9 Å². The Kier molecular flexibility index (Phi) is 5.39. The van der Waals surface area contributed by atoms with Crippen LogP contribution in [0.2, 0.25) is 0 Å². The summed E-state index contributed by atoms with van der Waals surface area (Å²) in [6, 6.07) is 6.62. The number of ether oxygens (including phenoxy) is 1. The van der Waals surface area contributed by atoms with Crippen molar-refractivity contribution in [2.24, 2.45) is 5.73 Å². The third kappa shape index (κ3) is 4.51. The minimum Gasteiger partial charge on any atom is -0.496 e. The number of nitrogens with one attached hydrogen (secondary N) is 1. The topological polar surface area (TPSA) is 47.3 Å². The van der Waals surface area contributed by atoms with E-state index in [1.165, 1.54) is 11.1 Å². The van der Waals surface area contributed by atoms with Crippen LogP contribution in [0.1, 0.15) is 57.2 Å². The molecular formula is C16H28N2O. The highest BCUT2D eigenvalue weighted by molar-refractivity contribution is 5.40. The molecule has 1 aromatic rings. The first-order valence-corrected chi connectivity index (χ1v) is 6.92. The van der Waals surface area contributed by atoms with E-state index in [9.17, 15) is 0 Å². The van der Waals surface area contributed by atoms with Gasteiger partial charge in [0.1, 0.15) is 5.75 Å². The van der Waals surface area contributed by atoms with Crippen molar-refractivity contribution in [3.8, 4) is 5.75 Å². The number of rotatable bonds is 6. The van der Waals surface area contributed by atoms with E-state index in [1.807, 2.05) is 7.05 Å². The van der Waals surface area contributed by atoms with Gasteiger partial charge in [-0.15, -0.1) is 0 Å². The van der Waals surface area contributed by atoms with Gasteiger partial charge in [-0.3, -0.25) is 0 Å². The number of methoxy groups -OCH3 is 1. The van der Waals surface area contributed by atoms with Crippen LogP contribution >= 0.6 is 0 Å². The summed E-state index contributed by atoms with van der Waals surface area (Å²) in [5, 5.41) is 3.36. The Balaban J connectivity index is 3.16. The molecule has 0 aliphatic heterocycles. The van der Waals surface area contributed by atoms with E-state index >= 15 is 0 Å². The third-order valence-electron chi connectivity index (χ3n) is 3.37. The first kappa shape index (κ1) is 16.0. The van der Waals surface area contributed by atoms with Crippen LogP contribution in [0.15, 0.2) is 18.2 Å². The summed E-state index contributed by atoms with van der Waals surface area (Å²) < 4.78 is 5.50. The van der Waals surface area contributed by atoms with Gasteiger partial charge in [0.2, 0.25) is 0 Å². The molecular weight excluding hydrogens is 236 g/mol. The zero-order chi connectivity index (χ0) is 14.6. The molecule has 1 atom stereocenters. The molecule has 0 aliphatic carbocycles. The fourth-order valence-corrected chi connectivity index (χ4v) is 2.28. The molecule has 0 aliphatic rings. The first-order chi connectivity index (χ1) is 8.78. The summed E-state index contributed by atoms with van der Waals surface area (Å²) in [6.45, 7) is 8.51. The standard InChI is InChI=1S/C16H28N2O/c1-11(2)12-7-8-15(19-6)13(9-12)14(18-5)10-16(3,4)17/h7-9,11,14,18H,10,17H2,1-6H3. The Labute approximate surface area is 117 Å². The minimum atomic E-state index is -0.216. The van der Waals surface area contributed by atoms with Crippen molar-refractivity contribution in [3.63, 3.8) is 0 Å². The van der Waals surface area contributed by atoms with Crippen LogP contribution < -0.4 is 15.8 Å². The molecule has 0 aromatic heterocycles. The van der Waals surface area contributed by atoms with Crippen LogP contribution in [0.25, 0.3) is 0 Å². The Morgan fingerprint density at radius 1 is 1.32 bits per heavy atom. The molecule has 1 unspecified atom stereocenters. The van der Waals surface area contributed by atoms with E-state index in [0.29, 0.717) is 5.92 Å². The van der Waals surface area contributed by atoms with E-state index in [-0.39, 0.29) is 11.6 Å². The maximum atomic E-state index is 6.16. The average molecular weight is 264 g/mol. The van der Waals surface area contributed by atoms with E-state index in [2.05, 4.69) is 51.2 Å². The molecule has 1 aromatic carbocycles. The van der Waals surface area contributed by atoms with Crippen LogP contribution in [0.3, 0.4) is 0 Å². The summed E-state index contributed by atoms with van der Waals surface area (Å²) in [7, 11) is 3.69. The van der Waals surface area contributed by atoms with Gasteiger partial charge in [0.25, 0.3) is 0 Å². The molecule has 3 heteroatoms. The summed E-state index contributed by atoms with van der Waals surface area (Å²) in [6.07, 6.45) is 0.863. The van der Waals surface area contributed by atoms with Crippen molar-refractivity contribution in [2.45, 2.75) is 51.6 Å². The quantitative estimate of drug-likeness (QED) is 0.829. The lowest BCUT2D eigenvalue weighted by molar-refractivity contribution is 0.369. The highest BCUT2D eigenvalue weighted by Crippen LogP contribution is 2.32. The molecule has 0 saturated heterocycles. The third-order valence-corrected chi connectivity index (χ3v) is 3.37. The van der Waals surface area contributed by atoms with Gasteiger partial charge in [-0.1, -0.05) is 26.0 Å². The Hall–Kier alpha value is -1.06. The number of benzene rings is 1. The van der Waals surface area contributed by atoms with Gasteiger partial charge in [0.15, 0.2) is 0 Å². The summed E-state index contributed by atoms with van der Waals surface area (Å²) >= 11 is 0. The molecule has 0 radical (unpaired) electrons. The highest BCUT2D eigenvalue weighted by atomic mass is 16.5. The Morgan fingerprint density at radius 3 is 2.37 bits per heavy atom. The van der Waals surface area contributed by atoms with E-state index in [4.69, 9.17) is 10.5 Å². The fraction of sp³-hybridized carbons (Fsp3) is 0.625. The van der Waals surface area contributed by atoms with E-state index in [0.717, 1.165) is 12.2 Å². The predicted octanol–water partition coefficient (Wildman–Crippen LogP) is 3.21. The summed E-state index contributed by atoms with van der Waals surface area (Å²) in [5.74, 6) is 1.43. The van der Waals surface area contributed by atoms with Crippen molar-refractivity contribution in [2.75, 3.05) is 14.2 Å². The highest BCUT2D eigenvalue weighted by Gasteiger charge is 2.22. The largest absolute Gasteiger partial charge is 0.496 e. The monoisotopic (exact) mass is 264 g/mol. The second-order valence-electron chi connectivity index (χ2n) is 6.19. The Morgan fingerprint density at radius 2 is 1.95 bits per heavy atom. The zero-order valence-electron chi connectivity index (χ0n) is 13.1. The SMILES string of the molecule is CNC(CC(C)(C)N)c1cc(C(C)C)ccc1OC.